The Balaban J connectivity index is 2.18. The first-order valence-electron chi connectivity index (χ1n) is 7.59. The van der Waals surface area contributed by atoms with Crippen LogP contribution in [0, 0.1) is 6.92 Å². The molecular formula is C16H20BrN5O2S. The Labute approximate surface area is 159 Å². The molecule has 2 aromatic rings. The van der Waals surface area contributed by atoms with E-state index in [1.807, 2.05) is 20.1 Å². The minimum Gasteiger partial charge on any atom is -0.345 e. The van der Waals surface area contributed by atoms with E-state index in [9.17, 15) is 9.59 Å². The molecule has 25 heavy (non-hydrogen) atoms. The number of hydrogen-bond acceptors (Lipinski definition) is 5. The standard InChI is InChI=1S/C16H20BrN5O2S/c1-8(2)13-18-9(3)12(16(19-13)25-5)15(24)21-20-14(23)11-6-10(17)7-22(11)4/h6-8H,1-5H3,(H,20,23)(H,21,24). The van der Waals surface area contributed by atoms with E-state index in [4.69, 9.17) is 0 Å². The van der Waals surface area contributed by atoms with Crippen molar-refractivity contribution in [1.29, 1.82) is 0 Å². The average molecular weight is 426 g/mol. The van der Waals surface area contributed by atoms with E-state index in [-0.39, 0.29) is 5.92 Å². The summed E-state index contributed by atoms with van der Waals surface area (Å²) in [6.45, 7) is 5.76. The van der Waals surface area contributed by atoms with Crippen LogP contribution in [0.4, 0.5) is 0 Å². The summed E-state index contributed by atoms with van der Waals surface area (Å²) in [5.41, 5.74) is 6.22. The summed E-state index contributed by atoms with van der Waals surface area (Å²) in [5, 5.41) is 0.588. The van der Waals surface area contributed by atoms with E-state index in [0.29, 0.717) is 27.8 Å². The second-order valence-electron chi connectivity index (χ2n) is 5.77. The summed E-state index contributed by atoms with van der Waals surface area (Å²) >= 11 is 4.68. The van der Waals surface area contributed by atoms with E-state index in [1.165, 1.54) is 11.8 Å². The zero-order valence-corrected chi connectivity index (χ0v) is 17.1. The molecule has 2 amide bonds. The Hall–Kier alpha value is -1.87. The maximum atomic E-state index is 12.5. The molecule has 0 saturated heterocycles. The van der Waals surface area contributed by atoms with E-state index < -0.39 is 11.8 Å². The Morgan fingerprint density at radius 2 is 1.88 bits per heavy atom. The van der Waals surface area contributed by atoms with Gasteiger partial charge in [0.25, 0.3) is 11.8 Å². The molecule has 0 aliphatic rings. The number of aromatic nitrogens is 3. The van der Waals surface area contributed by atoms with Gasteiger partial charge in [-0.2, -0.15) is 0 Å². The zero-order chi connectivity index (χ0) is 18.7. The Morgan fingerprint density at radius 1 is 1.24 bits per heavy atom. The van der Waals surface area contributed by atoms with Gasteiger partial charge in [-0.25, -0.2) is 9.97 Å². The fourth-order valence-electron chi connectivity index (χ4n) is 2.22. The molecule has 2 heterocycles. The van der Waals surface area contributed by atoms with Crippen molar-refractivity contribution in [3.8, 4) is 0 Å². The van der Waals surface area contributed by atoms with Gasteiger partial charge in [0.2, 0.25) is 0 Å². The Morgan fingerprint density at radius 3 is 2.40 bits per heavy atom. The summed E-state index contributed by atoms with van der Waals surface area (Å²) in [6.07, 6.45) is 3.61. The normalized spacial score (nSPS) is 10.8. The predicted octanol–water partition coefficient (Wildman–Crippen LogP) is 2.81. The number of thioether (sulfide) groups is 1. The van der Waals surface area contributed by atoms with E-state index in [2.05, 4.69) is 36.7 Å². The maximum absolute atomic E-state index is 12.5. The highest BCUT2D eigenvalue weighted by atomic mass is 79.9. The van der Waals surface area contributed by atoms with Gasteiger partial charge < -0.3 is 4.57 Å². The summed E-state index contributed by atoms with van der Waals surface area (Å²) in [4.78, 5) is 33.6. The maximum Gasteiger partial charge on any atom is 0.286 e. The van der Waals surface area contributed by atoms with Crippen LogP contribution < -0.4 is 10.9 Å². The van der Waals surface area contributed by atoms with Crippen LogP contribution in [-0.4, -0.2) is 32.6 Å². The second kappa shape index (κ2) is 8.01. The number of nitrogens with one attached hydrogen (secondary N) is 2. The van der Waals surface area contributed by atoms with Crippen molar-refractivity contribution in [3.63, 3.8) is 0 Å². The van der Waals surface area contributed by atoms with Crippen LogP contribution in [0.3, 0.4) is 0 Å². The van der Waals surface area contributed by atoms with Gasteiger partial charge in [0.1, 0.15) is 16.5 Å². The van der Waals surface area contributed by atoms with Gasteiger partial charge in [-0.3, -0.25) is 20.4 Å². The molecule has 0 aromatic carbocycles. The fraction of sp³-hybridized carbons (Fsp3) is 0.375. The van der Waals surface area contributed by atoms with Crippen LogP contribution in [0.15, 0.2) is 21.8 Å². The Bertz CT molecular complexity index is 819. The first-order chi connectivity index (χ1) is 11.7. The Kier molecular flexibility index (Phi) is 6.23. The largest absolute Gasteiger partial charge is 0.345 e. The van der Waals surface area contributed by atoms with Crippen molar-refractivity contribution >= 4 is 39.5 Å². The number of carbonyl (C=O) groups is 2. The molecule has 0 unspecified atom stereocenters. The van der Waals surface area contributed by atoms with Crippen LogP contribution in [0.2, 0.25) is 0 Å². The second-order valence-corrected chi connectivity index (χ2v) is 7.48. The minimum absolute atomic E-state index is 0.164. The van der Waals surface area contributed by atoms with Crippen molar-refractivity contribution in [2.24, 2.45) is 7.05 Å². The highest BCUT2D eigenvalue weighted by molar-refractivity contribution is 9.10. The van der Waals surface area contributed by atoms with Gasteiger partial charge in [-0.05, 0) is 35.2 Å². The van der Waals surface area contributed by atoms with Crippen molar-refractivity contribution in [1.82, 2.24) is 25.4 Å². The van der Waals surface area contributed by atoms with Gasteiger partial charge in [0, 0.05) is 23.6 Å². The smallest absolute Gasteiger partial charge is 0.286 e. The summed E-state index contributed by atoms with van der Waals surface area (Å²) in [5.74, 6) is -0.00305. The van der Waals surface area contributed by atoms with Crippen molar-refractivity contribution in [2.75, 3.05) is 6.26 Å². The van der Waals surface area contributed by atoms with Crippen molar-refractivity contribution < 1.29 is 9.59 Å². The van der Waals surface area contributed by atoms with Crippen LogP contribution in [-0.2, 0) is 7.05 Å². The van der Waals surface area contributed by atoms with Crippen LogP contribution in [0.25, 0.3) is 0 Å². The van der Waals surface area contributed by atoms with E-state index in [0.717, 1.165) is 4.47 Å². The number of carbonyl (C=O) groups excluding carboxylic acids is 2. The highest BCUT2D eigenvalue weighted by Gasteiger charge is 2.20. The van der Waals surface area contributed by atoms with E-state index >= 15 is 0 Å². The van der Waals surface area contributed by atoms with Gasteiger partial charge in [-0.1, -0.05) is 13.8 Å². The molecule has 0 fully saturated rings. The molecule has 2 N–H and O–H groups in total. The third kappa shape index (κ3) is 4.40. The van der Waals surface area contributed by atoms with E-state index in [1.54, 1.807) is 30.8 Å². The monoisotopic (exact) mass is 425 g/mol. The molecule has 0 bridgehead atoms. The van der Waals surface area contributed by atoms with Crippen LogP contribution >= 0.6 is 27.7 Å². The highest BCUT2D eigenvalue weighted by Crippen LogP contribution is 2.23. The number of hydrogen-bond donors (Lipinski definition) is 2. The molecule has 134 valence electrons. The lowest BCUT2D eigenvalue weighted by atomic mass is 10.1. The lowest BCUT2D eigenvalue weighted by Gasteiger charge is -2.14. The third-order valence-electron chi connectivity index (χ3n) is 3.50. The number of rotatable bonds is 4. The molecule has 0 radical (unpaired) electrons. The molecule has 0 spiro atoms. The average Bonchev–Trinajstić information content (AvgIpc) is 2.89. The number of halogens is 1. The summed E-state index contributed by atoms with van der Waals surface area (Å²) in [6, 6.07) is 1.67. The fourth-order valence-corrected chi connectivity index (χ4v) is 3.38. The quantitative estimate of drug-likeness (QED) is 0.446. The van der Waals surface area contributed by atoms with Gasteiger partial charge >= 0.3 is 0 Å². The minimum atomic E-state index is -0.446. The molecular weight excluding hydrogens is 406 g/mol. The van der Waals surface area contributed by atoms with Crippen LogP contribution in [0.5, 0.6) is 0 Å². The summed E-state index contributed by atoms with van der Waals surface area (Å²) < 4.78 is 2.44. The molecule has 0 atom stereocenters. The lowest BCUT2D eigenvalue weighted by molar-refractivity contribution is 0.0839. The number of amides is 2. The van der Waals surface area contributed by atoms with Gasteiger partial charge in [-0.15, -0.1) is 11.8 Å². The number of hydrazine groups is 1. The van der Waals surface area contributed by atoms with Crippen molar-refractivity contribution in [2.45, 2.75) is 31.7 Å². The number of nitrogens with zero attached hydrogens (tertiary/aromatic N) is 3. The molecule has 7 nitrogen and oxygen atoms in total. The molecule has 2 aromatic heterocycles. The summed E-state index contributed by atoms with van der Waals surface area (Å²) in [7, 11) is 1.75. The van der Waals surface area contributed by atoms with Gasteiger partial charge in [0.05, 0.1) is 11.3 Å². The predicted molar refractivity (Wildman–Crippen MR) is 101 cm³/mol. The molecule has 0 aliphatic carbocycles. The molecule has 0 saturated carbocycles. The first-order valence-corrected chi connectivity index (χ1v) is 9.61. The van der Waals surface area contributed by atoms with Crippen LogP contribution in [0.1, 0.15) is 52.1 Å². The lowest BCUT2D eigenvalue weighted by Crippen LogP contribution is -2.42. The number of aryl methyl sites for hydroxylation is 2. The van der Waals surface area contributed by atoms with Crippen molar-refractivity contribution in [3.05, 3.63) is 39.5 Å². The molecule has 0 aliphatic heterocycles. The third-order valence-corrected chi connectivity index (χ3v) is 4.62. The topological polar surface area (TPSA) is 88.9 Å². The molecule has 2 rings (SSSR count). The first kappa shape index (κ1) is 19.5. The van der Waals surface area contributed by atoms with Gasteiger partial charge in [0.15, 0.2) is 0 Å². The zero-order valence-electron chi connectivity index (χ0n) is 14.7. The molecule has 9 heteroatoms. The SMILES string of the molecule is CSc1nc(C(C)C)nc(C)c1C(=O)NNC(=O)c1cc(Br)cn1C.